The molecule has 3 rings (SSSR count). The summed E-state index contributed by atoms with van der Waals surface area (Å²) in [4.78, 5) is 15.3. The molecule has 2 aromatic rings. The molecule has 19 heavy (non-hydrogen) atoms. The molecule has 1 aliphatic rings. The maximum Gasteiger partial charge on any atom is 0.225 e. The van der Waals surface area contributed by atoms with Crippen molar-refractivity contribution in [1.29, 1.82) is 0 Å². The molecule has 1 amide bonds. The topological polar surface area (TPSA) is 54.1 Å². The fourth-order valence-corrected chi connectivity index (χ4v) is 2.60. The van der Waals surface area contributed by atoms with Crippen LogP contribution in [0.3, 0.4) is 0 Å². The van der Waals surface area contributed by atoms with Crippen molar-refractivity contribution >= 4 is 16.8 Å². The van der Waals surface area contributed by atoms with E-state index in [0.29, 0.717) is 13.0 Å². The zero-order chi connectivity index (χ0) is 13.3. The lowest BCUT2D eigenvalue weighted by atomic mass is 10.0. The van der Waals surface area contributed by atoms with Crippen LogP contribution in [0.15, 0.2) is 30.5 Å². The van der Waals surface area contributed by atoms with Gasteiger partial charge in [0, 0.05) is 23.7 Å². The molecule has 0 radical (unpaired) electrons. The van der Waals surface area contributed by atoms with E-state index in [1.807, 2.05) is 37.4 Å². The first-order valence-electron chi connectivity index (χ1n) is 6.60. The van der Waals surface area contributed by atoms with Gasteiger partial charge in [0.2, 0.25) is 5.91 Å². The largest absolute Gasteiger partial charge is 0.379 e. The SMILES string of the molecule is CC1(NC(=O)Cc2c[nH]c3ccccc23)CCOC1. The van der Waals surface area contributed by atoms with Crippen LogP contribution < -0.4 is 5.32 Å². The average Bonchev–Trinajstić information content (AvgIpc) is 2.97. The Morgan fingerprint density at radius 2 is 2.32 bits per heavy atom. The van der Waals surface area contributed by atoms with Crippen LogP contribution in [0.2, 0.25) is 0 Å². The van der Waals surface area contributed by atoms with Gasteiger partial charge in [-0.15, -0.1) is 0 Å². The number of hydrogen-bond acceptors (Lipinski definition) is 2. The Labute approximate surface area is 112 Å². The Morgan fingerprint density at radius 1 is 1.47 bits per heavy atom. The molecule has 2 N–H and O–H groups in total. The van der Waals surface area contributed by atoms with Crippen molar-refractivity contribution in [3.63, 3.8) is 0 Å². The molecule has 1 atom stereocenters. The molecule has 2 heterocycles. The molecule has 0 bridgehead atoms. The molecular weight excluding hydrogens is 240 g/mol. The van der Waals surface area contributed by atoms with Gasteiger partial charge >= 0.3 is 0 Å². The minimum absolute atomic E-state index is 0.0535. The average molecular weight is 258 g/mol. The van der Waals surface area contributed by atoms with Gasteiger partial charge in [-0.25, -0.2) is 0 Å². The highest BCUT2D eigenvalue weighted by molar-refractivity contribution is 5.89. The summed E-state index contributed by atoms with van der Waals surface area (Å²) in [6.07, 6.45) is 3.20. The van der Waals surface area contributed by atoms with Gasteiger partial charge in [0.1, 0.15) is 0 Å². The molecule has 0 spiro atoms. The first kappa shape index (κ1) is 12.2. The van der Waals surface area contributed by atoms with E-state index < -0.39 is 0 Å². The van der Waals surface area contributed by atoms with E-state index in [4.69, 9.17) is 4.74 Å². The van der Waals surface area contributed by atoms with E-state index in [2.05, 4.69) is 10.3 Å². The molecule has 1 fully saturated rings. The highest BCUT2D eigenvalue weighted by Crippen LogP contribution is 2.20. The van der Waals surface area contributed by atoms with Crippen LogP contribution in [-0.4, -0.2) is 29.6 Å². The molecule has 1 aromatic carbocycles. The third-order valence-corrected chi connectivity index (χ3v) is 3.69. The second-order valence-corrected chi connectivity index (χ2v) is 5.45. The number of fused-ring (bicyclic) bond motifs is 1. The predicted molar refractivity (Wildman–Crippen MR) is 74.0 cm³/mol. The number of amides is 1. The molecule has 1 saturated heterocycles. The number of hydrogen-bond donors (Lipinski definition) is 2. The number of ether oxygens (including phenoxy) is 1. The first-order valence-corrected chi connectivity index (χ1v) is 6.60. The van der Waals surface area contributed by atoms with Crippen LogP contribution in [0.1, 0.15) is 18.9 Å². The van der Waals surface area contributed by atoms with E-state index in [1.165, 1.54) is 0 Å². The zero-order valence-electron chi connectivity index (χ0n) is 11.0. The molecule has 1 unspecified atom stereocenters. The van der Waals surface area contributed by atoms with Crippen molar-refractivity contribution < 1.29 is 9.53 Å². The fourth-order valence-electron chi connectivity index (χ4n) is 2.60. The smallest absolute Gasteiger partial charge is 0.225 e. The lowest BCUT2D eigenvalue weighted by molar-refractivity contribution is -0.122. The summed E-state index contributed by atoms with van der Waals surface area (Å²) in [5, 5.41) is 4.20. The fraction of sp³-hybridized carbons (Fsp3) is 0.400. The van der Waals surface area contributed by atoms with Crippen molar-refractivity contribution in [3.8, 4) is 0 Å². The van der Waals surface area contributed by atoms with E-state index in [1.54, 1.807) is 0 Å². The van der Waals surface area contributed by atoms with E-state index >= 15 is 0 Å². The molecule has 0 saturated carbocycles. The van der Waals surface area contributed by atoms with Gasteiger partial charge < -0.3 is 15.0 Å². The molecule has 100 valence electrons. The molecule has 4 nitrogen and oxygen atoms in total. The highest BCUT2D eigenvalue weighted by Gasteiger charge is 2.31. The number of nitrogens with one attached hydrogen (secondary N) is 2. The van der Waals surface area contributed by atoms with Gasteiger partial charge in [-0.2, -0.15) is 0 Å². The van der Waals surface area contributed by atoms with Crippen molar-refractivity contribution in [3.05, 3.63) is 36.0 Å². The highest BCUT2D eigenvalue weighted by atomic mass is 16.5. The van der Waals surface area contributed by atoms with E-state index in [9.17, 15) is 4.79 Å². The van der Waals surface area contributed by atoms with Crippen LogP contribution in [0.4, 0.5) is 0 Å². The lowest BCUT2D eigenvalue weighted by Crippen LogP contribution is -2.47. The Morgan fingerprint density at radius 3 is 3.11 bits per heavy atom. The van der Waals surface area contributed by atoms with Crippen molar-refractivity contribution in [2.24, 2.45) is 0 Å². The molecule has 0 aliphatic carbocycles. The van der Waals surface area contributed by atoms with Crippen LogP contribution in [-0.2, 0) is 16.0 Å². The third kappa shape index (κ3) is 2.49. The van der Waals surface area contributed by atoms with Gasteiger partial charge in [0.25, 0.3) is 0 Å². The monoisotopic (exact) mass is 258 g/mol. The maximum atomic E-state index is 12.1. The van der Waals surface area contributed by atoms with Gasteiger partial charge in [-0.05, 0) is 25.0 Å². The van der Waals surface area contributed by atoms with Gasteiger partial charge in [-0.1, -0.05) is 18.2 Å². The Balaban J connectivity index is 1.72. The van der Waals surface area contributed by atoms with Crippen molar-refractivity contribution in [2.75, 3.05) is 13.2 Å². The summed E-state index contributed by atoms with van der Waals surface area (Å²) in [5.41, 5.74) is 1.90. The maximum absolute atomic E-state index is 12.1. The number of H-pyrrole nitrogens is 1. The van der Waals surface area contributed by atoms with Gasteiger partial charge in [0.15, 0.2) is 0 Å². The summed E-state index contributed by atoms with van der Waals surface area (Å²) in [6, 6.07) is 8.03. The lowest BCUT2D eigenvalue weighted by Gasteiger charge is -2.23. The Kier molecular flexibility index (Phi) is 3.03. The minimum atomic E-state index is -0.205. The Hall–Kier alpha value is -1.81. The molecule has 1 aliphatic heterocycles. The van der Waals surface area contributed by atoms with Crippen LogP contribution in [0.5, 0.6) is 0 Å². The summed E-state index contributed by atoms with van der Waals surface area (Å²) >= 11 is 0. The number of para-hydroxylation sites is 1. The number of benzene rings is 1. The van der Waals surface area contributed by atoms with Gasteiger partial charge in [0.05, 0.1) is 18.6 Å². The second-order valence-electron chi connectivity index (χ2n) is 5.45. The number of carbonyl (C=O) groups is 1. The van der Waals surface area contributed by atoms with Gasteiger partial charge in [-0.3, -0.25) is 4.79 Å². The van der Waals surface area contributed by atoms with Crippen molar-refractivity contribution in [2.45, 2.75) is 25.3 Å². The first-order chi connectivity index (χ1) is 9.16. The zero-order valence-corrected chi connectivity index (χ0v) is 11.0. The van der Waals surface area contributed by atoms with Crippen LogP contribution in [0, 0.1) is 0 Å². The standard InChI is InChI=1S/C15H18N2O2/c1-15(6-7-19-10-15)17-14(18)8-11-9-16-13-5-3-2-4-12(11)13/h2-5,9,16H,6-8,10H2,1H3,(H,17,18). The summed E-state index contributed by atoms with van der Waals surface area (Å²) in [7, 11) is 0. The normalized spacial score (nSPS) is 22.8. The molecule has 4 heteroatoms. The van der Waals surface area contributed by atoms with Crippen LogP contribution >= 0.6 is 0 Å². The predicted octanol–water partition coefficient (Wildman–Crippen LogP) is 2.01. The summed E-state index contributed by atoms with van der Waals surface area (Å²) < 4.78 is 5.35. The van der Waals surface area contributed by atoms with Crippen molar-refractivity contribution in [1.82, 2.24) is 10.3 Å². The summed E-state index contributed by atoms with van der Waals surface area (Å²) in [6.45, 7) is 3.36. The quantitative estimate of drug-likeness (QED) is 0.884. The number of carbonyl (C=O) groups excluding carboxylic acids is 1. The van der Waals surface area contributed by atoms with E-state index in [0.717, 1.165) is 29.5 Å². The number of aromatic nitrogens is 1. The minimum Gasteiger partial charge on any atom is -0.379 e. The summed E-state index contributed by atoms with van der Waals surface area (Å²) in [5.74, 6) is 0.0535. The molecule has 1 aromatic heterocycles. The molecular formula is C15H18N2O2. The second kappa shape index (κ2) is 4.70. The van der Waals surface area contributed by atoms with Crippen LogP contribution in [0.25, 0.3) is 10.9 Å². The van der Waals surface area contributed by atoms with E-state index in [-0.39, 0.29) is 11.4 Å². The number of aromatic amines is 1. The Bertz CT molecular complexity index is 597. The third-order valence-electron chi connectivity index (χ3n) is 3.69. The number of rotatable bonds is 3.